The Morgan fingerprint density at radius 3 is 2.59 bits per heavy atom. The average molecular weight is 461 g/mol. The van der Waals surface area contributed by atoms with Gasteiger partial charge in [0.15, 0.2) is 4.87 Å². The summed E-state index contributed by atoms with van der Waals surface area (Å²) in [6.45, 7) is 3.29. The summed E-state index contributed by atoms with van der Waals surface area (Å²) in [6, 6.07) is 9.25. The van der Waals surface area contributed by atoms with Crippen LogP contribution in [0.1, 0.15) is 6.42 Å². The quantitative estimate of drug-likeness (QED) is 0.534. The van der Waals surface area contributed by atoms with Crippen molar-refractivity contribution in [1.29, 1.82) is 0 Å². The Bertz CT molecular complexity index is 1030. The van der Waals surface area contributed by atoms with E-state index in [1.807, 2.05) is 30.3 Å². The van der Waals surface area contributed by atoms with Crippen LogP contribution in [0.25, 0.3) is 0 Å². The fraction of sp³-hybridized carbons (Fsp3) is 0.400. The van der Waals surface area contributed by atoms with Crippen molar-refractivity contribution in [1.82, 2.24) is 20.3 Å². The molecule has 3 aliphatic rings. The number of rotatable bonds is 5. The summed E-state index contributed by atoms with van der Waals surface area (Å²) < 4.78 is 26.0. The molecule has 11 nitrogen and oxygen atoms in total. The van der Waals surface area contributed by atoms with E-state index in [4.69, 9.17) is 15.0 Å². The van der Waals surface area contributed by atoms with Crippen molar-refractivity contribution in [2.24, 2.45) is 15.1 Å². The third-order valence-electron chi connectivity index (χ3n) is 5.48. The number of nitrogens with two attached hydrogens (primary N) is 1. The first kappa shape index (κ1) is 22.3. The number of piperazine rings is 1. The molecule has 32 heavy (non-hydrogen) atoms. The van der Waals surface area contributed by atoms with E-state index >= 15 is 0 Å². The second-order valence-corrected chi connectivity index (χ2v) is 9.30. The van der Waals surface area contributed by atoms with E-state index in [-0.39, 0.29) is 19.0 Å². The number of para-hydroxylation sites is 1. The number of hydrogen-bond donors (Lipinski definition) is 3. The maximum absolute atomic E-state index is 13.0. The minimum atomic E-state index is -4.13. The Morgan fingerprint density at radius 1 is 1.22 bits per heavy atom. The van der Waals surface area contributed by atoms with Crippen LogP contribution in [0.2, 0.25) is 0 Å². The molecule has 0 saturated carbocycles. The molecule has 172 valence electrons. The number of guanidine groups is 2. The summed E-state index contributed by atoms with van der Waals surface area (Å²) in [4.78, 5) is 15.2. The molecule has 1 unspecified atom stereocenters. The third kappa shape index (κ3) is 4.35. The van der Waals surface area contributed by atoms with E-state index in [0.717, 1.165) is 26.2 Å². The van der Waals surface area contributed by atoms with Crippen LogP contribution < -0.4 is 15.9 Å². The zero-order valence-corrected chi connectivity index (χ0v) is 18.7. The maximum Gasteiger partial charge on any atom is 0.251 e. The largest absolute Gasteiger partial charge is 0.338 e. The van der Waals surface area contributed by atoms with Crippen molar-refractivity contribution in [2.45, 2.75) is 11.3 Å². The minimum absolute atomic E-state index is 0.124. The topological polar surface area (TPSA) is 128 Å². The number of nitrogens with zero attached hydrogens (tertiary/aromatic N) is 5. The fourth-order valence-electron chi connectivity index (χ4n) is 3.76. The Morgan fingerprint density at radius 2 is 1.97 bits per heavy atom. The van der Waals surface area contributed by atoms with Crippen molar-refractivity contribution >= 4 is 27.6 Å². The molecule has 1 fully saturated rings. The van der Waals surface area contributed by atoms with Gasteiger partial charge in [-0.05, 0) is 18.2 Å². The molecule has 0 radical (unpaired) electrons. The molecule has 1 aliphatic carbocycles. The van der Waals surface area contributed by atoms with Gasteiger partial charge < -0.3 is 10.2 Å². The molecular weight excluding hydrogens is 432 g/mol. The Kier molecular flexibility index (Phi) is 6.46. The highest BCUT2D eigenvalue weighted by molar-refractivity contribution is 7.90. The molecule has 0 amide bonds. The third-order valence-corrected chi connectivity index (χ3v) is 6.95. The van der Waals surface area contributed by atoms with Crippen LogP contribution in [0.15, 0.2) is 64.6 Å². The van der Waals surface area contributed by atoms with Crippen molar-refractivity contribution < 1.29 is 13.3 Å². The second kappa shape index (κ2) is 9.28. The summed E-state index contributed by atoms with van der Waals surface area (Å²) in [6.07, 6.45) is 6.90. The number of anilines is 1. The SMILES string of the molecule is CON1CN=C(N2CCNCC2)N=C1N(Nc1ccccc1)C1(S(N)(=O)=O)C=CC=CC1. The highest BCUT2D eigenvalue weighted by atomic mass is 32.2. The number of hydroxylamine groups is 2. The van der Waals surface area contributed by atoms with Crippen LogP contribution in [0.5, 0.6) is 0 Å². The molecule has 1 saturated heterocycles. The van der Waals surface area contributed by atoms with E-state index in [0.29, 0.717) is 11.6 Å². The first-order chi connectivity index (χ1) is 15.4. The van der Waals surface area contributed by atoms with Gasteiger partial charge in [-0.15, -0.1) is 0 Å². The van der Waals surface area contributed by atoms with Gasteiger partial charge >= 0.3 is 0 Å². The number of primary sulfonamides is 1. The zero-order valence-electron chi connectivity index (χ0n) is 17.9. The standard InChI is InChI=1S/C20H28N8O3S/c1-31-27-16-23-18(26-14-12-22-13-15-26)24-19(27)28(25-17-8-4-2-5-9-17)20(32(21,29)30)10-6-3-7-11-20/h2-10,22,25H,11-16H2,1H3,(H2,21,29,30). The Hall–Kier alpha value is -2.93. The summed E-state index contributed by atoms with van der Waals surface area (Å²) in [5, 5.41) is 12.0. The molecule has 1 aromatic rings. The number of hydrogen-bond acceptors (Lipinski definition) is 10. The van der Waals surface area contributed by atoms with Crippen LogP contribution in [0, 0.1) is 0 Å². The van der Waals surface area contributed by atoms with Gasteiger partial charge in [-0.3, -0.25) is 10.3 Å². The lowest BCUT2D eigenvalue weighted by Crippen LogP contribution is -2.64. The lowest BCUT2D eigenvalue weighted by Gasteiger charge is -2.45. The first-order valence-electron chi connectivity index (χ1n) is 10.3. The van der Waals surface area contributed by atoms with E-state index in [1.54, 1.807) is 24.3 Å². The lowest BCUT2D eigenvalue weighted by molar-refractivity contribution is -0.0754. The number of aliphatic imine (C=N–C) groups is 2. The van der Waals surface area contributed by atoms with Crippen molar-refractivity contribution in [3.05, 3.63) is 54.6 Å². The summed E-state index contributed by atoms with van der Waals surface area (Å²) in [5.41, 5.74) is 3.87. The van der Waals surface area contributed by atoms with Crippen molar-refractivity contribution in [3.63, 3.8) is 0 Å². The van der Waals surface area contributed by atoms with Crippen LogP contribution in [-0.2, 0) is 14.9 Å². The molecular formula is C20H28N8O3S. The number of benzene rings is 1. The van der Waals surface area contributed by atoms with Gasteiger partial charge in [0.25, 0.3) is 5.96 Å². The predicted molar refractivity (Wildman–Crippen MR) is 124 cm³/mol. The summed E-state index contributed by atoms with van der Waals surface area (Å²) >= 11 is 0. The highest BCUT2D eigenvalue weighted by Crippen LogP contribution is 2.32. The van der Waals surface area contributed by atoms with Crippen LogP contribution in [0.4, 0.5) is 5.69 Å². The molecule has 1 atom stereocenters. The average Bonchev–Trinajstić information content (AvgIpc) is 2.83. The monoisotopic (exact) mass is 460 g/mol. The highest BCUT2D eigenvalue weighted by Gasteiger charge is 2.49. The molecule has 0 aromatic heterocycles. The maximum atomic E-state index is 13.0. The smallest absolute Gasteiger partial charge is 0.251 e. The van der Waals surface area contributed by atoms with E-state index in [9.17, 15) is 8.42 Å². The van der Waals surface area contributed by atoms with Crippen LogP contribution in [0.3, 0.4) is 0 Å². The Labute approximate surface area is 187 Å². The molecule has 4 N–H and O–H groups in total. The van der Waals surface area contributed by atoms with Gasteiger partial charge in [0.05, 0.1) is 12.8 Å². The summed E-state index contributed by atoms with van der Waals surface area (Å²) in [5.74, 6) is 0.767. The van der Waals surface area contributed by atoms with Gasteiger partial charge in [-0.2, -0.15) is 10.1 Å². The number of hydrazine groups is 1. The molecule has 1 aromatic carbocycles. The molecule has 4 rings (SSSR count). The summed E-state index contributed by atoms with van der Waals surface area (Å²) in [7, 11) is -2.64. The zero-order chi connectivity index (χ0) is 22.6. The molecule has 0 spiro atoms. The molecule has 2 heterocycles. The fourth-order valence-corrected chi connectivity index (χ4v) is 4.74. The van der Waals surface area contributed by atoms with E-state index < -0.39 is 14.9 Å². The molecule has 2 aliphatic heterocycles. The minimum Gasteiger partial charge on any atom is -0.338 e. The van der Waals surface area contributed by atoms with Crippen molar-refractivity contribution in [3.8, 4) is 0 Å². The molecule has 0 bridgehead atoms. The second-order valence-electron chi connectivity index (χ2n) is 7.50. The van der Waals surface area contributed by atoms with E-state index in [1.165, 1.54) is 17.2 Å². The number of nitrogens with one attached hydrogen (secondary N) is 2. The number of sulfonamides is 1. The normalized spacial score (nSPS) is 23.6. The van der Waals surface area contributed by atoms with E-state index in [2.05, 4.69) is 20.6 Å². The molecule has 12 heteroatoms. The first-order valence-corrected chi connectivity index (χ1v) is 11.9. The number of allylic oxidation sites excluding steroid dienone is 2. The predicted octanol–water partition coefficient (Wildman–Crippen LogP) is 0.268. The van der Waals surface area contributed by atoms with Crippen LogP contribution in [-0.4, -0.2) is 80.1 Å². The van der Waals surface area contributed by atoms with Gasteiger partial charge in [0.2, 0.25) is 16.0 Å². The van der Waals surface area contributed by atoms with Crippen LogP contribution >= 0.6 is 0 Å². The van der Waals surface area contributed by atoms with Gasteiger partial charge in [0, 0.05) is 32.6 Å². The van der Waals surface area contributed by atoms with Gasteiger partial charge in [0.1, 0.15) is 6.67 Å². The Balaban J connectivity index is 1.82. The van der Waals surface area contributed by atoms with Gasteiger partial charge in [-0.1, -0.05) is 36.4 Å². The van der Waals surface area contributed by atoms with Gasteiger partial charge in [-0.25, -0.2) is 23.6 Å². The van der Waals surface area contributed by atoms with Crippen molar-refractivity contribution in [2.75, 3.05) is 45.4 Å². The lowest BCUT2D eigenvalue weighted by atomic mass is 10.1.